The second-order valence-corrected chi connectivity index (χ2v) is 8.29. The van der Waals surface area contributed by atoms with Crippen LogP contribution in [0.5, 0.6) is 0 Å². The van der Waals surface area contributed by atoms with Gasteiger partial charge in [-0.3, -0.25) is 4.57 Å². The average molecular weight is 450 g/mol. The van der Waals surface area contributed by atoms with Gasteiger partial charge in [0, 0.05) is 17.0 Å². The fourth-order valence-corrected chi connectivity index (χ4v) is 4.28. The number of methoxy groups -OCH3 is 1. The van der Waals surface area contributed by atoms with Gasteiger partial charge in [-0.15, -0.1) is 10.2 Å². The van der Waals surface area contributed by atoms with Crippen LogP contribution in [0.3, 0.4) is 0 Å². The number of aryl methyl sites for hydroxylation is 1. The van der Waals surface area contributed by atoms with E-state index in [1.807, 2.05) is 59.2 Å². The number of esters is 1. The Kier molecular flexibility index (Phi) is 6.39. The van der Waals surface area contributed by atoms with Gasteiger partial charge in [-0.2, -0.15) is 0 Å². The lowest BCUT2D eigenvalue weighted by molar-refractivity contribution is 0.0600. The van der Waals surface area contributed by atoms with Crippen molar-refractivity contribution in [3.63, 3.8) is 0 Å². The Balaban J connectivity index is 1.71. The third kappa shape index (κ3) is 4.65. The molecule has 0 aliphatic rings. The van der Waals surface area contributed by atoms with Gasteiger partial charge in [-0.1, -0.05) is 65.3 Å². The maximum Gasteiger partial charge on any atom is 0.337 e. The molecular weight excluding hydrogens is 430 g/mol. The second-order valence-electron chi connectivity index (χ2n) is 6.94. The summed E-state index contributed by atoms with van der Waals surface area (Å²) < 4.78 is 6.83. The average Bonchev–Trinajstić information content (AvgIpc) is 3.22. The van der Waals surface area contributed by atoms with Crippen LogP contribution in [0.15, 0.2) is 78.0 Å². The zero-order chi connectivity index (χ0) is 21.8. The quantitative estimate of drug-likeness (QED) is 0.268. The molecule has 0 unspecified atom stereocenters. The van der Waals surface area contributed by atoms with Crippen LogP contribution in [0.4, 0.5) is 0 Å². The summed E-state index contributed by atoms with van der Waals surface area (Å²) >= 11 is 8.00. The van der Waals surface area contributed by atoms with Crippen LogP contribution in [0.1, 0.15) is 21.5 Å². The van der Waals surface area contributed by atoms with Gasteiger partial charge in [0.05, 0.1) is 17.7 Å². The van der Waals surface area contributed by atoms with E-state index in [0.717, 1.165) is 22.0 Å². The van der Waals surface area contributed by atoms with Gasteiger partial charge in [-0.25, -0.2) is 4.79 Å². The van der Waals surface area contributed by atoms with Crippen molar-refractivity contribution in [3.05, 3.63) is 94.5 Å². The minimum atomic E-state index is -0.351. The van der Waals surface area contributed by atoms with Crippen LogP contribution < -0.4 is 0 Å². The van der Waals surface area contributed by atoms with Crippen molar-refractivity contribution < 1.29 is 9.53 Å². The molecule has 7 heteroatoms. The smallest absolute Gasteiger partial charge is 0.337 e. The van der Waals surface area contributed by atoms with E-state index in [1.165, 1.54) is 12.7 Å². The molecule has 0 aliphatic carbocycles. The van der Waals surface area contributed by atoms with E-state index in [4.69, 9.17) is 16.3 Å². The third-order valence-electron chi connectivity index (χ3n) is 4.76. The number of aromatic nitrogens is 3. The highest BCUT2D eigenvalue weighted by Gasteiger charge is 2.18. The topological polar surface area (TPSA) is 57.0 Å². The minimum absolute atomic E-state index is 0.351. The summed E-state index contributed by atoms with van der Waals surface area (Å²) in [4.78, 5) is 11.8. The summed E-state index contributed by atoms with van der Waals surface area (Å²) in [6, 6.07) is 23.2. The van der Waals surface area contributed by atoms with E-state index in [1.54, 1.807) is 17.8 Å². The van der Waals surface area contributed by atoms with E-state index in [2.05, 4.69) is 29.3 Å². The van der Waals surface area contributed by atoms with Gasteiger partial charge in [0.15, 0.2) is 11.0 Å². The zero-order valence-electron chi connectivity index (χ0n) is 17.1. The number of carbonyl (C=O) groups excluding carboxylic acids is 1. The maximum absolute atomic E-state index is 11.8. The fraction of sp³-hybridized carbons (Fsp3) is 0.125. The highest BCUT2D eigenvalue weighted by molar-refractivity contribution is 7.98. The molecule has 31 heavy (non-hydrogen) atoms. The Morgan fingerprint density at radius 3 is 2.55 bits per heavy atom. The molecule has 0 saturated heterocycles. The molecule has 4 aromatic rings. The molecule has 4 rings (SSSR count). The highest BCUT2D eigenvalue weighted by Crippen LogP contribution is 2.33. The predicted octanol–water partition coefficient (Wildman–Crippen LogP) is 5.98. The van der Waals surface area contributed by atoms with Gasteiger partial charge in [0.2, 0.25) is 0 Å². The number of thioether (sulfide) groups is 1. The van der Waals surface area contributed by atoms with Crippen molar-refractivity contribution in [3.8, 4) is 17.1 Å². The molecule has 0 N–H and O–H groups in total. The zero-order valence-corrected chi connectivity index (χ0v) is 18.7. The summed E-state index contributed by atoms with van der Waals surface area (Å²) in [5, 5.41) is 10.3. The van der Waals surface area contributed by atoms with Gasteiger partial charge >= 0.3 is 5.97 Å². The SMILES string of the molecule is COC(=O)c1cccc(CSc2nnc(-c3ccccc3Cl)n2-c2ccc(C)cc2)c1. The molecule has 0 fully saturated rings. The molecule has 5 nitrogen and oxygen atoms in total. The molecule has 0 amide bonds. The lowest BCUT2D eigenvalue weighted by Crippen LogP contribution is -2.02. The lowest BCUT2D eigenvalue weighted by atomic mass is 10.1. The number of ether oxygens (including phenoxy) is 1. The lowest BCUT2D eigenvalue weighted by Gasteiger charge is -2.12. The normalized spacial score (nSPS) is 10.8. The number of hydrogen-bond donors (Lipinski definition) is 0. The van der Waals surface area contributed by atoms with E-state index >= 15 is 0 Å². The van der Waals surface area contributed by atoms with Crippen LogP contribution in [-0.2, 0) is 10.5 Å². The molecular formula is C24H20ClN3O2S. The summed E-state index contributed by atoms with van der Waals surface area (Å²) in [7, 11) is 1.38. The highest BCUT2D eigenvalue weighted by atomic mass is 35.5. The first kappa shape index (κ1) is 21.2. The number of nitrogens with zero attached hydrogens (tertiary/aromatic N) is 3. The molecule has 0 bridgehead atoms. The van der Waals surface area contributed by atoms with Gasteiger partial charge < -0.3 is 4.74 Å². The molecule has 0 aliphatic heterocycles. The molecule has 0 spiro atoms. The third-order valence-corrected chi connectivity index (χ3v) is 6.09. The van der Waals surface area contributed by atoms with Crippen LogP contribution in [-0.4, -0.2) is 27.8 Å². The molecule has 156 valence electrons. The number of halogens is 1. The second kappa shape index (κ2) is 9.37. The van der Waals surface area contributed by atoms with Crippen LogP contribution in [0, 0.1) is 6.92 Å². The molecule has 3 aromatic carbocycles. The number of hydrogen-bond acceptors (Lipinski definition) is 5. The van der Waals surface area contributed by atoms with Crippen molar-refractivity contribution in [1.29, 1.82) is 0 Å². The predicted molar refractivity (Wildman–Crippen MR) is 124 cm³/mol. The van der Waals surface area contributed by atoms with E-state index < -0.39 is 0 Å². The fourth-order valence-electron chi connectivity index (χ4n) is 3.16. The molecule has 1 aromatic heterocycles. The largest absolute Gasteiger partial charge is 0.465 e. The number of rotatable bonds is 6. The summed E-state index contributed by atoms with van der Waals surface area (Å²) in [6.45, 7) is 2.05. The number of carbonyl (C=O) groups is 1. The van der Waals surface area contributed by atoms with Gasteiger partial charge in [0.1, 0.15) is 0 Å². The minimum Gasteiger partial charge on any atom is -0.465 e. The molecule has 1 heterocycles. The molecule has 0 saturated carbocycles. The summed E-state index contributed by atoms with van der Waals surface area (Å²) in [5.74, 6) is 0.952. The van der Waals surface area contributed by atoms with Crippen LogP contribution >= 0.6 is 23.4 Å². The Morgan fingerprint density at radius 1 is 1.03 bits per heavy atom. The van der Waals surface area contributed by atoms with Crippen molar-refractivity contribution in [2.75, 3.05) is 7.11 Å². The molecule has 0 atom stereocenters. The van der Waals surface area contributed by atoms with Crippen LogP contribution in [0.2, 0.25) is 5.02 Å². The van der Waals surface area contributed by atoms with Crippen LogP contribution in [0.25, 0.3) is 17.1 Å². The first-order valence-electron chi connectivity index (χ1n) is 9.64. The van der Waals surface area contributed by atoms with Crippen molar-refractivity contribution >= 4 is 29.3 Å². The monoisotopic (exact) mass is 449 g/mol. The summed E-state index contributed by atoms with van der Waals surface area (Å²) in [6.07, 6.45) is 0. The van der Waals surface area contributed by atoms with Gasteiger partial charge in [0.25, 0.3) is 0 Å². The number of benzene rings is 3. The van der Waals surface area contributed by atoms with E-state index in [0.29, 0.717) is 22.2 Å². The van der Waals surface area contributed by atoms with E-state index in [9.17, 15) is 4.79 Å². The Bertz CT molecular complexity index is 1220. The first-order valence-corrected chi connectivity index (χ1v) is 11.0. The Morgan fingerprint density at radius 2 is 1.81 bits per heavy atom. The van der Waals surface area contributed by atoms with Gasteiger partial charge in [-0.05, 0) is 48.9 Å². The van der Waals surface area contributed by atoms with Crippen molar-refractivity contribution in [2.24, 2.45) is 0 Å². The Hall–Kier alpha value is -3.09. The van der Waals surface area contributed by atoms with Crippen molar-refractivity contribution in [1.82, 2.24) is 14.8 Å². The van der Waals surface area contributed by atoms with Crippen molar-refractivity contribution in [2.45, 2.75) is 17.8 Å². The first-order chi connectivity index (χ1) is 15.1. The standard InChI is InChI=1S/C24H20ClN3O2S/c1-16-10-12-19(13-11-16)28-22(20-8-3-4-9-21(20)25)26-27-24(28)31-15-17-6-5-7-18(14-17)23(29)30-2/h3-14H,15H2,1-2H3. The maximum atomic E-state index is 11.8. The molecule has 0 radical (unpaired) electrons. The van der Waals surface area contributed by atoms with E-state index in [-0.39, 0.29) is 5.97 Å². The summed E-state index contributed by atoms with van der Waals surface area (Å²) in [5.41, 5.74) is 4.46. The Labute approximate surface area is 190 Å².